The fraction of sp³-hybridized carbons (Fsp3) is 0.400. The Labute approximate surface area is 164 Å². The lowest BCUT2D eigenvalue weighted by molar-refractivity contribution is 0.667. The number of imidazole rings is 1. The molecule has 0 saturated heterocycles. The first kappa shape index (κ1) is 19.4. The molecule has 0 aliphatic carbocycles. The monoisotopic (exact) mass is 360 g/mol. The van der Waals surface area contributed by atoms with Crippen LogP contribution in [0, 0.1) is 6.92 Å². The van der Waals surface area contributed by atoms with Crippen molar-refractivity contribution in [2.45, 2.75) is 65.7 Å². The van der Waals surface area contributed by atoms with E-state index in [0.717, 1.165) is 24.4 Å². The van der Waals surface area contributed by atoms with Crippen LogP contribution in [0.1, 0.15) is 67.7 Å². The molecule has 142 valence electrons. The molecule has 3 rings (SSSR count). The van der Waals surface area contributed by atoms with Crippen molar-refractivity contribution in [3.8, 4) is 11.3 Å². The molecule has 0 aliphatic rings. The number of rotatable bonds is 9. The standard InChI is InChI=1S/C25H32N2/c1-4-6-7-8-11-20-13-15-22(16-14-20)25-23(5-2)26-24(27-25)18-21-12-9-10-19(3)17-21/h9-10,12-17H,4-8,11,18H2,1-3H3,(H,26,27). The fourth-order valence-electron chi connectivity index (χ4n) is 3.64. The number of H-pyrrole nitrogens is 1. The van der Waals surface area contributed by atoms with E-state index in [1.54, 1.807) is 0 Å². The molecule has 0 saturated carbocycles. The normalized spacial score (nSPS) is 11.1. The van der Waals surface area contributed by atoms with Crippen molar-refractivity contribution in [3.63, 3.8) is 0 Å². The Hall–Kier alpha value is -2.35. The van der Waals surface area contributed by atoms with Gasteiger partial charge < -0.3 is 4.98 Å². The molecule has 2 heteroatoms. The summed E-state index contributed by atoms with van der Waals surface area (Å²) < 4.78 is 0. The highest BCUT2D eigenvalue weighted by Crippen LogP contribution is 2.24. The van der Waals surface area contributed by atoms with Gasteiger partial charge in [0.2, 0.25) is 0 Å². The third-order valence-corrected chi connectivity index (χ3v) is 5.18. The van der Waals surface area contributed by atoms with E-state index >= 15 is 0 Å². The van der Waals surface area contributed by atoms with Crippen LogP contribution in [0.2, 0.25) is 0 Å². The molecule has 2 nitrogen and oxygen atoms in total. The summed E-state index contributed by atoms with van der Waals surface area (Å²) in [7, 11) is 0. The van der Waals surface area contributed by atoms with Crippen molar-refractivity contribution in [2.24, 2.45) is 0 Å². The largest absolute Gasteiger partial charge is 0.345 e. The van der Waals surface area contributed by atoms with Crippen molar-refractivity contribution in [1.29, 1.82) is 0 Å². The Balaban J connectivity index is 1.73. The maximum atomic E-state index is 4.94. The lowest BCUT2D eigenvalue weighted by Gasteiger charge is -2.04. The SMILES string of the molecule is CCCCCCc1ccc(-c2nc(Cc3cccc(C)c3)[nH]c2CC)cc1. The van der Waals surface area contributed by atoms with E-state index in [9.17, 15) is 0 Å². The topological polar surface area (TPSA) is 28.7 Å². The second-order valence-corrected chi connectivity index (χ2v) is 7.54. The highest BCUT2D eigenvalue weighted by molar-refractivity contribution is 5.62. The van der Waals surface area contributed by atoms with Crippen LogP contribution in [0.4, 0.5) is 0 Å². The van der Waals surface area contributed by atoms with Crippen LogP contribution in [0.25, 0.3) is 11.3 Å². The van der Waals surface area contributed by atoms with Crippen molar-refractivity contribution < 1.29 is 0 Å². The van der Waals surface area contributed by atoms with Gasteiger partial charge in [0.05, 0.1) is 5.69 Å². The first-order valence-corrected chi connectivity index (χ1v) is 10.4. The molecule has 27 heavy (non-hydrogen) atoms. The van der Waals surface area contributed by atoms with E-state index in [-0.39, 0.29) is 0 Å². The first-order valence-electron chi connectivity index (χ1n) is 10.4. The smallest absolute Gasteiger partial charge is 0.111 e. The minimum absolute atomic E-state index is 0.851. The molecule has 1 aromatic heterocycles. The Morgan fingerprint density at radius 2 is 1.70 bits per heavy atom. The van der Waals surface area contributed by atoms with E-state index in [4.69, 9.17) is 4.98 Å². The number of benzene rings is 2. The van der Waals surface area contributed by atoms with E-state index in [1.807, 2.05) is 0 Å². The van der Waals surface area contributed by atoms with E-state index < -0.39 is 0 Å². The summed E-state index contributed by atoms with van der Waals surface area (Å²) in [6, 6.07) is 17.7. The average Bonchev–Trinajstić information content (AvgIpc) is 3.08. The summed E-state index contributed by atoms with van der Waals surface area (Å²) in [5.74, 6) is 1.05. The molecule has 1 heterocycles. The van der Waals surface area contributed by atoms with Gasteiger partial charge in [-0.2, -0.15) is 0 Å². The Morgan fingerprint density at radius 3 is 2.41 bits per heavy atom. The van der Waals surface area contributed by atoms with Crippen LogP contribution in [-0.2, 0) is 19.3 Å². The molecule has 3 aromatic rings. The number of nitrogens with zero attached hydrogens (tertiary/aromatic N) is 1. The zero-order valence-electron chi connectivity index (χ0n) is 17.0. The van der Waals surface area contributed by atoms with Crippen molar-refractivity contribution in [2.75, 3.05) is 0 Å². The number of aromatic nitrogens is 2. The molecule has 0 bridgehead atoms. The van der Waals surface area contributed by atoms with Gasteiger partial charge in [-0.3, -0.25) is 0 Å². The molecule has 2 aromatic carbocycles. The first-order chi connectivity index (χ1) is 13.2. The van der Waals surface area contributed by atoms with Gasteiger partial charge in [0.15, 0.2) is 0 Å². The summed E-state index contributed by atoms with van der Waals surface area (Å²) in [5, 5.41) is 0. The summed E-state index contributed by atoms with van der Waals surface area (Å²) in [6.07, 6.45) is 8.26. The molecule has 0 unspecified atom stereocenters. The Morgan fingerprint density at radius 1 is 0.889 bits per heavy atom. The minimum atomic E-state index is 0.851. The van der Waals surface area contributed by atoms with Crippen LogP contribution in [0.5, 0.6) is 0 Å². The van der Waals surface area contributed by atoms with Gasteiger partial charge >= 0.3 is 0 Å². The van der Waals surface area contributed by atoms with Gasteiger partial charge in [-0.1, -0.05) is 87.2 Å². The number of aromatic amines is 1. The third kappa shape index (κ3) is 5.32. The van der Waals surface area contributed by atoms with Crippen molar-refractivity contribution in [3.05, 3.63) is 76.7 Å². The number of aryl methyl sites for hydroxylation is 3. The van der Waals surface area contributed by atoms with Crippen molar-refractivity contribution in [1.82, 2.24) is 9.97 Å². The van der Waals surface area contributed by atoms with Crippen LogP contribution in [-0.4, -0.2) is 9.97 Å². The van der Waals surface area contributed by atoms with Gasteiger partial charge in [0, 0.05) is 17.7 Å². The highest BCUT2D eigenvalue weighted by Gasteiger charge is 2.11. The summed E-state index contributed by atoms with van der Waals surface area (Å²) in [5.41, 5.74) is 7.59. The fourth-order valence-corrected chi connectivity index (χ4v) is 3.64. The van der Waals surface area contributed by atoms with E-state index in [2.05, 4.69) is 74.3 Å². The van der Waals surface area contributed by atoms with E-state index in [0.29, 0.717) is 0 Å². The third-order valence-electron chi connectivity index (χ3n) is 5.18. The summed E-state index contributed by atoms with van der Waals surface area (Å²) in [4.78, 5) is 8.49. The molecule has 0 atom stereocenters. The highest BCUT2D eigenvalue weighted by atomic mass is 14.9. The van der Waals surface area contributed by atoms with Crippen LogP contribution >= 0.6 is 0 Å². The maximum Gasteiger partial charge on any atom is 0.111 e. The van der Waals surface area contributed by atoms with Crippen LogP contribution in [0.15, 0.2) is 48.5 Å². The molecule has 1 N–H and O–H groups in total. The molecule has 0 spiro atoms. The average molecular weight is 361 g/mol. The molecule has 0 amide bonds. The van der Waals surface area contributed by atoms with Gasteiger partial charge in [-0.15, -0.1) is 0 Å². The Kier molecular flexibility index (Phi) is 6.86. The predicted octanol–water partition coefficient (Wildman–Crippen LogP) is 6.66. The molecule has 0 radical (unpaired) electrons. The van der Waals surface area contributed by atoms with Gasteiger partial charge in [0.25, 0.3) is 0 Å². The van der Waals surface area contributed by atoms with Gasteiger partial charge in [-0.05, 0) is 37.3 Å². The second kappa shape index (κ2) is 9.55. The number of unbranched alkanes of at least 4 members (excludes halogenated alkanes) is 3. The van der Waals surface area contributed by atoms with Crippen LogP contribution < -0.4 is 0 Å². The molecular weight excluding hydrogens is 328 g/mol. The molecular formula is C25H32N2. The minimum Gasteiger partial charge on any atom is -0.345 e. The van der Waals surface area contributed by atoms with Gasteiger partial charge in [-0.25, -0.2) is 4.98 Å². The van der Waals surface area contributed by atoms with E-state index in [1.165, 1.54) is 60.1 Å². The zero-order chi connectivity index (χ0) is 19.1. The maximum absolute atomic E-state index is 4.94. The van der Waals surface area contributed by atoms with Crippen LogP contribution in [0.3, 0.4) is 0 Å². The van der Waals surface area contributed by atoms with Crippen molar-refractivity contribution >= 4 is 0 Å². The molecule has 0 fully saturated rings. The zero-order valence-corrected chi connectivity index (χ0v) is 17.0. The Bertz CT molecular complexity index is 843. The number of nitrogens with one attached hydrogen (secondary N) is 1. The quantitative estimate of drug-likeness (QED) is 0.425. The molecule has 0 aliphatic heterocycles. The number of hydrogen-bond acceptors (Lipinski definition) is 1. The summed E-state index contributed by atoms with van der Waals surface area (Å²) in [6.45, 7) is 6.59. The summed E-state index contributed by atoms with van der Waals surface area (Å²) >= 11 is 0. The second-order valence-electron chi connectivity index (χ2n) is 7.54. The predicted molar refractivity (Wildman–Crippen MR) is 115 cm³/mol. The lowest BCUT2D eigenvalue weighted by Crippen LogP contribution is -1.91. The lowest BCUT2D eigenvalue weighted by atomic mass is 10.0. The number of hydrogen-bond donors (Lipinski definition) is 1. The van der Waals surface area contributed by atoms with Gasteiger partial charge in [0.1, 0.15) is 5.82 Å².